The molecular formula is C24H26O3P+. The molecule has 1 N–H and O–H groups in total. The van der Waals surface area contributed by atoms with E-state index < -0.39 is 13.4 Å². The quantitative estimate of drug-likeness (QED) is 0.472. The van der Waals surface area contributed by atoms with Crippen molar-refractivity contribution < 1.29 is 14.6 Å². The molecule has 0 radical (unpaired) electrons. The Morgan fingerprint density at radius 3 is 1.57 bits per heavy atom. The van der Waals surface area contributed by atoms with Gasteiger partial charge in [-0.15, -0.1) is 0 Å². The third kappa shape index (κ3) is 4.49. The highest BCUT2D eigenvalue weighted by molar-refractivity contribution is 7.95. The van der Waals surface area contributed by atoms with Crippen molar-refractivity contribution in [2.24, 2.45) is 0 Å². The minimum Gasteiger partial charge on any atom is -0.466 e. The van der Waals surface area contributed by atoms with E-state index in [4.69, 9.17) is 4.74 Å². The third-order valence-corrected chi connectivity index (χ3v) is 9.29. The van der Waals surface area contributed by atoms with E-state index in [-0.39, 0.29) is 12.4 Å². The molecule has 0 bridgehead atoms. The van der Waals surface area contributed by atoms with Crippen LogP contribution < -0.4 is 15.9 Å². The molecule has 0 heterocycles. The zero-order valence-electron chi connectivity index (χ0n) is 16.1. The van der Waals surface area contributed by atoms with Crippen molar-refractivity contribution in [2.45, 2.75) is 19.4 Å². The van der Waals surface area contributed by atoms with Crippen molar-refractivity contribution in [3.8, 4) is 0 Å². The van der Waals surface area contributed by atoms with Gasteiger partial charge < -0.3 is 9.84 Å². The van der Waals surface area contributed by atoms with Gasteiger partial charge in [0.15, 0.2) is 0 Å². The summed E-state index contributed by atoms with van der Waals surface area (Å²) in [4.78, 5) is 12.0. The SMILES string of the molecule is CCOC(=O)CC(O)C[P+](c1ccccc1)(c1ccccc1)c1ccccc1. The summed E-state index contributed by atoms with van der Waals surface area (Å²) in [6, 6.07) is 31.0. The molecule has 3 rings (SSSR count). The lowest BCUT2D eigenvalue weighted by Gasteiger charge is -2.29. The zero-order valence-corrected chi connectivity index (χ0v) is 17.0. The van der Waals surface area contributed by atoms with Gasteiger partial charge in [-0.05, 0) is 43.3 Å². The highest BCUT2D eigenvalue weighted by Gasteiger charge is 2.47. The molecule has 28 heavy (non-hydrogen) atoms. The van der Waals surface area contributed by atoms with Crippen LogP contribution in [0.2, 0.25) is 0 Å². The maximum absolute atomic E-state index is 12.0. The fourth-order valence-corrected chi connectivity index (χ4v) is 7.94. The highest BCUT2D eigenvalue weighted by Crippen LogP contribution is 2.55. The number of hydrogen-bond donors (Lipinski definition) is 1. The summed E-state index contributed by atoms with van der Waals surface area (Å²) in [7, 11) is -2.14. The van der Waals surface area contributed by atoms with Gasteiger partial charge in [-0.3, -0.25) is 4.79 Å². The summed E-state index contributed by atoms with van der Waals surface area (Å²) < 4.78 is 5.06. The molecule has 0 spiro atoms. The lowest BCUT2D eigenvalue weighted by molar-refractivity contribution is -0.144. The van der Waals surface area contributed by atoms with E-state index >= 15 is 0 Å². The summed E-state index contributed by atoms with van der Waals surface area (Å²) in [5, 5.41) is 14.5. The molecule has 3 nitrogen and oxygen atoms in total. The molecule has 0 aliphatic carbocycles. The van der Waals surface area contributed by atoms with Crippen molar-refractivity contribution >= 4 is 29.1 Å². The Labute approximate surface area is 167 Å². The molecule has 0 amide bonds. The maximum atomic E-state index is 12.0. The first-order chi connectivity index (χ1) is 13.7. The van der Waals surface area contributed by atoms with Crippen LogP contribution in [0, 0.1) is 0 Å². The van der Waals surface area contributed by atoms with Crippen molar-refractivity contribution in [2.75, 3.05) is 12.8 Å². The van der Waals surface area contributed by atoms with Gasteiger partial charge in [-0.2, -0.15) is 0 Å². The maximum Gasteiger partial charge on any atom is 0.308 e. The summed E-state index contributed by atoms with van der Waals surface area (Å²) in [5.41, 5.74) is 0. The Hall–Kier alpha value is -2.48. The second kappa shape index (κ2) is 9.64. The molecule has 1 atom stereocenters. The van der Waals surface area contributed by atoms with Crippen LogP contribution in [-0.4, -0.2) is 29.9 Å². The average molecular weight is 393 g/mol. The van der Waals surface area contributed by atoms with Gasteiger partial charge >= 0.3 is 5.97 Å². The molecular weight excluding hydrogens is 367 g/mol. The van der Waals surface area contributed by atoms with Crippen molar-refractivity contribution in [3.63, 3.8) is 0 Å². The second-order valence-electron chi connectivity index (χ2n) is 6.66. The van der Waals surface area contributed by atoms with E-state index in [9.17, 15) is 9.90 Å². The molecule has 0 saturated heterocycles. The number of rotatable bonds is 8. The average Bonchev–Trinajstić information content (AvgIpc) is 2.74. The largest absolute Gasteiger partial charge is 0.466 e. The summed E-state index contributed by atoms with van der Waals surface area (Å²) in [6.45, 7) is 2.10. The molecule has 3 aromatic carbocycles. The second-order valence-corrected chi connectivity index (χ2v) is 10.2. The van der Waals surface area contributed by atoms with Gasteiger partial charge in [0, 0.05) is 0 Å². The smallest absolute Gasteiger partial charge is 0.308 e. The fourth-order valence-electron chi connectivity index (χ4n) is 3.60. The summed E-state index contributed by atoms with van der Waals surface area (Å²) in [6.07, 6.45) is -0.292. The number of aliphatic hydroxyl groups excluding tert-OH is 1. The Balaban J connectivity index is 2.13. The normalized spacial score (nSPS) is 12.4. The van der Waals surface area contributed by atoms with Gasteiger partial charge in [-0.1, -0.05) is 54.6 Å². The predicted molar refractivity (Wildman–Crippen MR) is 117 cm³/mol. The summed E-state index contributed by atoms with van der Waals surface area (Å²) in [5.74, 6) is -0.359. The number of benzene rings is 3. The van der Waals surface area contributed by atoms with Crippen LogP contribution in [0.1, 0.15) is 13.3 Å². The lowest BCUT2D eigenvalue weighted by Crippen LogP contribution is -2.37. The minimum atomic E-state index is -2.14. The van der Waals surface area contributed by atoms with Gasteiger partial charge in [0.05, 0.1) is 19.1 Å². The summed E-state index contributed by atoms with van der Waals surface area (Å²) >= 11 is 0. The molecule has 3 aromatic rings. The van der Waals surface area contributed by atoms with Crippen LogP contribution in [-0.2, 0) is 9.53 Å². The van der Waals surface area contributed by atoms with Gasteiger partial charge in [-0.25, -0.2) is 0 Å². The first kappa shape index (κ1) is 20.3. The van der Waals surface area contributed by atoms with Crippen LogP contribution in [0.3, 0.4) is 0 Å². The standard InChI is InChI=1S/C24H26O3P/c1-2-27-24(26)18-20(25)19-28(21-12-6-3-7-13-21,22-14-8-4-9-15-22)23-16-10-5-11-17-23/h3-17,20,25H,2,18-19H2,1H3/q+1. The topological polar surface area (TPSA) is 46.5 Å². The lowest BCUT2D eigenvalue weighted by atomic mass is 10.3. The Morgan fingerprint density at radius 2 is 1.21 bits per heavy atom. The van der Waals surface area contributed by atoms with E-state index in [0.717, 1.165) is 0 Å². The molecule has 0 aromatic heterocycles. The number of hydrogen-bond acceptors (Lipinski definition) is 3. The van der Waals surface area contributed by atoms with Gasteiger partial charge in [0.1, 0.15) is 29.3 Å². The Bertz CT molecular complexity index is 769. The van der Waals surface area contributed by atoms with Crippen molar-refractivity contribution in [1.29, 1.82) is 0 Å². The third-order valence-electron chi connectivity index (χ3n) is 4.78. The number of carbonyl (C=O) groups excluding carboxylic acids is 1. The molecule has 0 aliphatic rings. The van der Waals surface area contributed by atoms with E-state index in [1.54, 1.807) is 6.92 Å². The zero-order chi connectivity index (χ0) is 19.8. The van der Waals surface area contributed by atoms with E-state index in [2.05, 4.69) is 36.4 Å². The monoisotopic (exact) mass is 393 g/mol. The molecule has 0 aliphatic heterocycles. The Kier molecular flexibility index (Phi) is 6.97. The number of carbonyl (C=O) groups is 1. The number of ether oxygens (including phenoxy) is 1. The Morgan fingerprint density at radius 1 is 0.821 bits per heavy atom. The van der Waals surface area contributed by atoms with E-state index in [0.29, 0.717) is 12.8 Å². The molecule has 1 unspecified atom stereocenters. The number of esters is 1. The first-order valence-corrected chi connectivity index (χ1v) is 11.5. The minimum absolute atomic E-state index is 0.00207. The van der Waals surface area contributed by atoms with Crippen LogP contribution in [0.15, 0.2) is 91.0 Å². The number of aliphatic hydroxyl groups is 1. The molecule has 4 heteroatoms. The van der Waals surface area contributed by atoms with Crippen molar-refractivity contribution in [1.82, 2.24) is 0 Å². The highest BCUT2D eigenvalue weighted by atomic mass is 31.2. The van der Waals surface area contributed by atoms with E-state index in [1.807, 2.05) is 54.6 Å². The van der Waals surface area contributed by atoms with Crippen LogP contribution in [0.4, 0.5) is 0 Å². The van der Waals surface area contributed by atoms with Crippen LogP contribution in [0.5, 0.6) is 0 Å². The fraction of sp³-hybridized carbons (Fsp3) is 0.208. The van der Waals surface area contributed by atoms with Gasteiger partial charge in [0.2, 0.25) is 0 Å². The van der Waals surface area contributed by atoms with E-state index in [1.165, 1.54) is 15.9 Å². The van der Waals surface area contributed by atoms with Crippen molar-refractivity contribution in [3.05, 3.63) is 91.0 Å². The van der Waals surface area contributed by atoms with Crippen LogP contribution in [0.25, 0.3) is 0 Å². The van der Waals surface area contributed by atoms with Gasteiger partial charge in [0.25, 0.3) is 0 Å². The van der Waals surface area contributed by atoms with Crippen LogP contribution >= 0.6 is 7.26 Å². The molecule has 0 saturated carbocycles. The predicted octanol–water partition coefficient (Wildman–Crippen LogP) is 3.29. The molecule has 0 fully saturated rings. The first-order valence-electron chi connectivity index (χ1n) is 9.55. The molecule has 144 valence electrons.